The lowest BCUT2D eigenvalue weighted by atomic mass is 10.2. The maximum absolute atomic E-state index is 4.23. The van der Waals surface area contributed by atoms with E-state index in [9.17, 15) is 0 Å². The first-order chi connectivity index (χ1) is 4.22. The SMILES string of the molecule is CC(C)c1ncsc1I. The molecule has 0 atom stereocenters. The second-order valence-electron chi connectivity index (χ2n) is 2.17. The summed E-state index contributed by atoms with van der Waals surface area (Å²) in [6.45, 7) is 4.33. The number of halogens is 1. The van der Waals surface area contributed by atoms with Crippen LogP contribution >= 0.6 is 33.9 Å². The molecule has 3 heteroatoms. The third-order valence-electron chi connectivity index (χ3n) is 1.10. The normalized spacial score (nSPS) is 10.7. The van der Waals surface area contributed by atoms with Crippen LogP contribution in [0.1, 0.15) is 25.5 Å². The van der Waals surface area contributed by atoms with Gasteiger partial charge in [-0.1, -0.05) is 13.8 Å². The van der Waals surface area contributed by atoms with E-state index in [1.54, 1.807) is 11.3 Å². The predicted molar refractivity (Wildman–Crippen MR) is 48.9 cm³/mol. The molecular formula is C6H8INS. The first-order valence-corrected chi connectivity index (χ1v) is 4.76. The first-order valence-electron chi connectivity index (χ1n) is 2.80. The highest BCUT2D eigenvalue weighted by molar-refractivity contribution is 14.1. The van der Waals surface area contributed by atoms with Crippen molar-refractivity contribution >= 4 is 33.9 Å². The molecule has 0 aromatic carbocycles. The minimum Gasteiger partial charge on any atom is -0.248 e. The molecule has 1 nitrogen and oxygen atoms in total. The number of rotatable bonds is 1. The Labute approximate surface area is 72.6 Å². The molecule has 0 aliphatic carbocycles. The maximum atomic E-state index is 4.23. The van der Waals surface area contributed by atoms with Crippen LogP contribution in [0.4, 0.5) is 0 Å². The first kappa shape index (κ1) is 7.47. The van der Waals surface area contributed by atoms with E-state index >= 15 is 0 Å². The Balaban J connectivity index is 2.94. The van der Waals surface area contributed by atoms with Crippen LogP contribution in [0.5, 0.6) is 0 Å². The molecule has 50 valence electrons. The minimum absolute atomic E-state index is 0.572. The van der Waals surface area contributed by atoms with Crippen molar-refractivity contribution in [1.29, 1.82) is 0 Å². The molecule has 1 aromatic heterocycles. The molecule has 0 saturated carbocycles. The molecule has 0 unspecified atom stereocenters. The summed E-state index contributed by atoms with van der Waals surface area (Å²) in [7, 11) is 0. The van der Waals surface area contributed by atoms with E-state index < -0.39 is 0 Å². The zero-order valence-corrected chi connectivity index (χ0v) is 8.36. The molecule has 0 saturated heterocycles. The van der Waals surface area contributed by atoms with Gasteiger partial charge in [0.05, 0.1) is 14.1 Å². The van der Waals surface area contributed by atoms with Crippen molar-refractivity contribution in [3.8, 4) is 0 Å². The van der Waals surface area contributed by atoms with E-state index in [0.717, 1.165) is 0 Å². The van der Waals surface area contributed by atoms with Gasteiger partial charge in [-0.2, -0.15) is 0 Å². The van der Waals surface area contributed by atoms with Gasteiger partial charge >= 0.3 is 0 Å². The molecular weight excluding hydrogens is 245 g/mol. The average Bonchev–Trinajstić information content (AvgIpc) is 2.13. The van der Waals surface area contributed by atoms with Crippen molar-refractivity contribution in [2.24, 2.45) is 0 Å². The lowest BCUT2D eigenvalue weighted by Crippen LogP contribution is -1.87. The highest BCUT2D eigenvalue weighted by atomic mass is 127. The van der Waals surface area contributed by atoms with Crippen LogP contribution in [0.3, 0.4) is 0 Å². The Morgan fingerprint density at radius 2 is 2.33 bits per heavy atom. The van der Waals surface area contributed by atoms with Crippen molar-refractivity contribution in [2.75, 3.05) is 0 Å². The Morgan fingerprint density at radius 1 is 1.67 bits per heavy atom. The van der Waals surface area contributed by atoms with Gasteiger partial charge in [-0.15, -0.1) is 11.3 Å². The third kappa shape index (κ3) is 1.64. The summed E-state index contributed by atoms with van der Waals surface area (Å²) >= 11 is 4.04. The van der Waals surface area contributed by atoms with Crippen LogP contribution in [0.25, 0.3) is 0 Å². The fraction of sp³-hybridized carbons (Fsp3) is 0.500. The Morgan fingerprint density at radius 3 is 2.56 bits per heavy atom. The van der Waals surface area contributed by atoms with Gasteiger partial charge in [0.2, 0.25) is 0 Å². The van der Waals surface area contributed by atoms with Gasteiger partial charge in [0.1, 0.15) is 0 Å². The van der Waals surface area contributed by atoms with Gasteiger partial charge in [-0.05, 0) is 28.5 Å². The van der Waals surface area contributed by atoms with Crippen molar-refractivity contribution in [3.63, 3.8) is 0 Å². The quantitative estimate of drug-likeness (QED) is 0.701. The zero-order valence-electron chi connectivity index (χ0n) is 5.39. The highest BCUT2D eigenvalue weighted by Crippen LogP contribution is 2.22. The average molecular weight is 253 g/mol. The highest BCUT2D eigenvalue weighted by Gasteiger charge is 2.05. The number of thiazole rings is 1. The number of nitrogens with zero attached hydrogens (tertiary/aromatic N) is 1. The van der Waals surface area contributed by atoms with Crippen molar-refractivity contribution in [3.05, 3.63) is 14.1 Å². The number of hydrogen-bond donors (Lipinski definition) is 0. The van der Waals surface area contributed by atoms with E-state index in [2.05, 4.69) is 41.4 Å². The molecule has 0 amide bonds. The standard InChI is InChI=1S/C6H8INS/c1-4(2)5-6(7)9-3-8-5/h3-4H,1-2H3. The lowest BCUT2D eigenvalue weighted by Gasteiger charge is -1.97. The smallest absolute Gasteiger partial charge is 0.0886 e. The van der Waals surface area contributed by atoms with Gasteiger partial charge in [-0.3, -0.25) is 0 Å². The zero-order chi connectivity index (χ0) is 6.85. The molecule has 9 heavy (non-hydrogen) atoms. The van der Waals surface area contributed by atoms with Crippen LogP contribution in [-0.2, 0) is 0 Å². The van der Waals surface area contributed by atoms with Crippen LogP contribution in [0.2, 0.25) is 0 Å². The van der Waals surface area contributed by atoms with Gasteiger partial charge in [0, 0.05) is 0 Å². The third-order valence-corrected chi connectivity index (χ3v) is 3.04. The lowest BCUT2D eigenvalue weighted by molar-refractivity contribution is 0.827. The Bertz CT molecular complexity index is 195. The molecule has 0 fully saturated rings. The predicted octanol–water partition coefficient (Wildman–Crippen LogP) is 2.87. The molecule has 1 heterocycles. The Kier molecular flexibility index (Phi) is 2.46. The van der Waals surface area contributed by atoms with Crippen molar-refractivity contribution in [1.82, 2.24) is 4.98 Å². The van der Waals surface area contributed by atoms with Gasteiger partial charge in [-0.25, -0.2) is 4.98 Å². The molecule has 0 N–H and O–H groups in total. The van der Waals surface area contributed by atoms with Crippen LogP contribution in [-0.4, -0.2) is 4.98 Å². The van der Waals surface area contributed by atoms with Gasteiger partial charge in [0.15, 0.2) is 0 Å². The summed E-state index contributed by atoms with van der Waals surface area (Å²) in [4.78, 5) is 4.23. The fourth-order valence-electron chi connectivity index (χ4n) is 0.617. The second kappa shape index (κ2) is 2.96. The Hall–Kier alpha value is 0.360. The maximum Gasteiger partial charge on any atom is 0.0886 e. The molecule has 0 radical (unpaired) electrons. The van der Waals surface area contributed by atoms with Crippen LogP contribution < -0.4 is 0 Å². The summed E-state index contributed by atoms with van der Waals surface area (Å²) in [6.07, 6.45) is 0. The fourth-order valence-corrected chi connectivity index (χ4v) is 2.39. The molecule has 0 aliphatic rings. The van der Waals surface area contributed by atoms with Crippen LogP contribution in [0, 0.1) is 2.88 Å². The van der Waals surface area contributed by atoms with Crippen LogP contribution in [0.15, 0.2) is 5.51 Å². The second-order valence-corrected chi connectivity index (χ2v) is 4.83. The van der Waals surface area contributed by atoms with E-state index in [1.807, 2.05) is 5.51 Å². The summed E-state index contributed by atoms with van der Waals surface area (Å²) < 4.78 is 1.32. The largest absolute Gasteiger partial charge is 0.248 e. The van der Waals surface area contributed by atoms with E-state index in [-0.39, 0.29) is 0 Å². The molecule has 0 spiro atoms. The topological polar surface area (TPSA) is 12.9 Å². The minimum atomic E-state index is 0.572. The van der Waals surface area contributed by atoms with Crippen molar-refractivity contribution < 1.29 is 0 Å². The van der Waals surface area contributed by atoms with E-state index in [1.165, 1.54) is 8.58 Å². The number of aromatic nitrogens is 1. The van der Waals surface area contributed by atoms with Gasteiger partial charge < -0.3 is 0 Å². The van der Waals surface area contributed by atoms with Crippen molar-refractivity contribution in [2.45, 2.75) is 19.8 Å². The van der Waals surface area contributed by atoms with E-state index in [4.69, 9.17) is 0 Å². The summed E-state index contributed by atoms with van der Waals surface area (Å²) in [5, 5.41) is 0. The molecule has 0 aliphatic heterocycles. The monoisotopic (exact) mass is 253 g/mol. The summed E-state index contributed by atoms with van der Waals surface area (Å²) in [5.41, 5.74) is 3.14. The van der Waals surface area contributed by atoms with Gasteiger partial charge in [0.25, 0.3) is 0 Å². The number of hydrogen-bond acceptors (Lipinski definition) is 2. The summed E-state index contributed by atoms with van der Waals surface area (Å²) in [6, 6.07) is 0. The molecule has 0 bridgehead atoms. The summed E-state index contributed by atoms with van der Waals surface area (Å²) in [5.74, 6) is 0.572. The van der Waals surface area contributed by atoms with E-state index in [0.29, 0.717) is 5.92 Å². The molecule has 1 aromatic rings. The molecule has 1 rings (SSSR count).